The first-order valence-electron chi connectivity index (χ1n) is 11.4. The maximum absolute atomic E-state index is 13.0. The number of hydrogen-bond donors (Lipinski definition) is 2. The summed E-state index contributed by atoms with van der Waals surface area (Å²) in [5.41, 5.74) is 1.95. The van der Waals surface area contributed by atoms with Crippen LogP contribution >= 0.6 is 0 Å². The van der Waals surface area contributed by atoms with Crippen LogP contribution in [0.3, 0.4) is 0 Å². The average molecular weight is 480 g/mol. The fraction of sp³-hybridized carbons (Fsp3) is 0.308. The number of methoxy groups -OCH3 is 2. The van der Waals surface area contributed by atoms with Crippen molar-refractivity contribution in [1.29, 1.82) is 0 Å². The van der Waals surface area contributed by atoms with Gasteiger partial charge in [-0.3, -0.25) is 14.5 Å². The summed E-state index contributed by atoms with van der Waals surface area (Å²) >= 11 is 0. The van der Waals surface area contributed by atoms with E-state index in [9.17, 15) is 9.59 Å². The monoisotopic (exact) mass is 479 g/mol. The van der Waals surface area contributed by atoms with Crippen LogP contribution in [0, 0.1) is 0 Å². The summed E-state index contributed by atoms with van der Waals surface area (Å²) in [7, 11) is 3.20. The number of morpholine rings is 1. The first-order valence-corrected chi connectivity index (χ1v) is 11.4. The Morgan fingerprint density at radius 3 is 2.49 bits per heavy atom. The minimum absolute atomic E-state index is 0.0792. The number of ether oxygens (including phenoxy) is 3. The molecule has 0 spiro atoms. The number of nitrogens with zero attached hydrogens (tertiary/aromatic N) is 1. The number of carbonyl (C=O) groups excluding carboxylic acids is 2. The van der Waals surface area contributed by atoms with Gasteiger partial charge in [0.2, 0.25) is 0 Å². The van der Waals surface area contributed by atoms with Crippen molar-refractivity contribution in [2.24, 2.45) is 0 Å². The second kappa shape index (κ2) is 11.5. The van der Waals surface area contributed by atoms with Gasteiger partial charge >= 0.3 is 0 Å². The number of furan rings is 1. The number of anilines is 1. The van der Waals surface area contributed by atoms with Crippen molar-refractivity contribution in [3.8, 4) is 11.5 Å². The molecule has 2 N–H and O–H groups in total. The molecule has 3 aromatic rings. The van der Waals surface area contributed by atoms with Crippen LogP contribution in [0.15, 0.2) is 65.3 Å². The molecule has 2 aromatic carbocycles. The Bertz CT molecular complexity index is 1140. The zero-order valence-electron chi connectivity index (χ0n) is 19.8. The lowest BCUT2D eigenvalue weighted by Gasteiger charge is -2.35. The van der Waals surface area contributed by atoms with Crippen molar-refractivity contribution < 1.29 is 28.2 Å². The summed E-state index contributed by atoms with van der Waals surface area (Å²) in [6, 6.07) is 15.7. The lowest BCUT2D eigenvalue weighted by molar-refractivity contribution is 0.0162. The number of rotatable bonds is 9. The maximum atomic E-state index is 13.0. The van der Waals surface area contributed by atoms with E-state index in [1.807, 2.05) is 18.2 Å². The second-order valence-corrected chi connectivity index (χ2v) is 8.00. The van der Waals surface area contributed by atoms with Gasteiger partial charge in [0.1, 0.15) is 0 Å². The molecule has 1 fully saturated rings. The van der Waals surface area contributed by atoms with E-state index in [1.165, 1.54) is 6.26 Å². The summed E-state index contributed by atoms with van der Waals surface area (Å²) in [5, 5.41) is 5.79. The standard InChI is InChI=1S/C26H29N3O6/c1-32-22-9-8-18(16-24(22)33-2)21(29-10-13-34-14-11-29)17-27-25(30)19-5-3-6-20(15-19)28-26(31)23-7-4-12-35-23/h3-9,12,15-16,21H,10-11,13-14,17H2,1-2H3,(H,27,30)(H,28,31). The van der Waals surface area contributed by atoms with Crippen molar-refractivity contribution in [1.82, 2.24) is 10.2 Å². The van der Waals surface area contributed by atoms with Crippen LogP contribution < -0.4 is 20.1 Å². The van der Waals surface area contributed by atoms with Gasteiger partial charge < -0.3 is 29.3 Å². The molecule has 1 saturated heterocycles. The molecule has 4 rings (SSSR count). The van der Waals surface area contributed by atoms with Gasteiger partial charge in [-0.1, -0.05) is 12.1 Å². The second-order valence-electron chi connectivity index (χ2n) is 8.00. The van der Waals surface area contributed by atoms with E-state index in [-0.39, 0.29) is 23.6 Å². The van der Waals surface area contributed by atoms with Crippen LogP contribution in [0.1, 0.15) is 32.5 Å². The highest BCUT2D eigenvalue weighted by Crippen LogP contribution is 2.32. The van der Waals surface area contributed by atoms with Crippen molar-refractivity contribution >= 4 is 17.5 Å². The average Bonchev–Trinajstić information content (AvgIpc) is 3.45. The molecule has 1 aromatic heterocycles. The van der Waals surface area contributed by atoms with Crippen LogP contribution in [0.25, 0.3) is 0 Å². The molecular weight excluding hydrogens is 450 g/mol. The zero-order valence-corrected chi connectivity index (χ0v) is 19.8. The molecule has 2 heterocycles. The van der Waals surface area contributed by atoms with E-state index >= 15 is 0 Å². The minimum Gasteiger partial charge on any atom is -0.493 e. The Morgan fingerprint density at radius 1 is 0.971 bits per heavy atom. The molecule has 0 aliphatic carbocycles. The predicted molar refractivity (Wildman–Crippen MR) is 130 cm³/mol. The predicted octanol–water partition coefficient (Wildman–Crippen LogP) is 3.35. The van der Waals surface area contributed by atoms with E-state index in [2.05, 4.69) is 15.5 Å². The lowest BCUT2D eigenvalue weighted by atomic mass is 10.0. The third kappa shape index (κ3) is 6.00. The molecule has 1 unspecified atom stereocenters. The first-order chi connectivity index (χ1) is 17.1. The quantitative estimate of drug-likeness (QED) is 0.485. The molecule has 0 bridgehead atoms. The molecule has 35 heavy (non-hydrogen) atoms. The molecule has 0 saturated carbocycles. The molecular formula is C26H29N3O6. The molecule has 184 valence electrons. The van der Waals surface area contributed by atoms with Crippen LogP contribution in [-0.4, -0.2) is 63.8 Å². The summed E-state index contributed by atoms with van der Waals surface area (Å²) in [5.74, 6) is 0.860. The van der Waals surface area contributed by atoms with E-state index in [0.717, 1.165) is 18.7 Å². The number of hydrogen-bond acceptors (Lipinski definition) is 7. The van der Waals surface area contributed by atoms with Crippen LogP contribution in [0.5, 0.6) is 11.5 Å². The summed E-state index contributed by atoms with van der Waals surface area (Å²) in [6.45, 7) is 3.16. The summed E-state index contributed by atoms with van der Waals surface area (Å²) in [4.78, 5) is 27.6. The van der Waals surface area contributed by atoms with Crippen LogP contribution in [-0.2, 0) is 4.74 Å². The maximum Gasteiger partial charge on any atom is 0.291 e. The van der Waals surface area contributed by atoms with Crippen molar-refractivity contribution in [3.05, 3.63) is 77.7 Å². The third-order valence-corrected chi connectivity index (χ3v) is 5.86. The van der Waals surface area contributed by atoms with Crippen molar-refractivity contribution in [2.45, 2.75) is 6.04 Å². The van der Waals surface area contributed by atoms with Gasteiger partial charge in [-0.2, -0.15) is 0 Å². The van der Waals surface area contributed by atoms with Crippen molar-refractivity contribution in [2.75, 3.05) is 52.4 Å². The van der Waals surface area contributed by atoms with Gasteiger partial charge in [-0.05, 0) is 48.0 Å². The Labute approximate surface area is 204 Å². The molecule has 2 amide bonds. The SMILES string of the molecule is COc1ccc(C(CNC(=O)c2cccc(NC(=O)c3ccco3)c2)N2CCOCC2)cc1OC. The van der Waals surface area contributed by atoms with Gasteiger partial charge in [0.15, 0.2) is 17.3 Å². The Morgan fingerprint density at radius 2 is 1.77 bits per heavy atom. The Balaban J connectivity index is 1.47. The van der Waals surface area contributed by atoms with Gasteiger partial charge in [0.25, 0.3) is 11.8 Å². The zero-order chi connectivity index (χ0) is 24.6. The normalized spacial score (nSPS) is 14.7. The highest BCUT2D eigenvalue weighted by Gasteiger charge is 2.24. The molecule has 0 radical (unpaired) electrons. The first kappa shape index (κ1) is 24.3. The Hall–Kier alpha value is -3.82. The molecule has 1 atom stereocenters. The van der Waals surface area contributed by atoms with E-state index in [0.29, 0.717) is 42.5 Å². The highest BCUT2D eigenvalue weighted by atomic mass is 16.5. The number of nitrogens with one attached hydrogen (secondary N) is 2. The topological polar surface area (TPSA) is 102 Å². The van der Waals surface area contributed by atoms with Gasteiger partial charge in [-0.15, -0.1) is 0 Å². The van der Waals surface area contributed by atoms with Crippen LogP contribution in [0.4, 0.5) is 5.69 Å². The number of amides is 2. The Kier molecular flexibility index (Phi) is 8.02. The molecule has 1 aliphatic rings. The molecule has 9 nitrogen and oxygen atoms in total. The fourth-order valence-corrected chi connectivity index (χ4v) is 4.04. The number of carbonyl (C=O) groups is 2. The highest BCUT2D eigenvalue weighted by molar-refractivity contribution is 6.03. The van der Waals surface area contributed by atoms with Crippen molar-refractivity contribution in [3.63, 3.8) is 0 Å². The van der Waals surface area contributed by atoms with Gasteiger partial charge in [0.05, 0.1) is 39.7 Å². The largest absolute Gasteiger partial charge is 0.493 e. The molecule has 1 aliphatic heterocycles. The number of benzene rings is 2. The third-order valence-electron chi connectivity index (χ3n) is 5.86. The smallest absolute Gasteiger partial charge is 0.291 e. The summed E-state index contributed by atoms with van der Waals surface area (Å²) < 4.78 is 21.5. The van der Waals surface area contributed by atoms with Gasteiger partial charge in [0, 0.05) is 30.9 Å². The fourth-order valence-electron chi connectivity index (χ4n) is 4.04. The van der Waals surface area contributed by atoms with E-state index < -0.39 is 0 Å². The van der Waals surface area contributed by atoms with E-state index in [1.54, 1.807) is 50.6 Å². The summed E-state index contributed by atoms with van der Waals surface area (Å²) in [6.07, 6.45) is 1.43. The minimum atomic E-state index is -0.381. The van der Waals surface area contributed by atoms with Gasteiger partial charge in [-0.25, -0.2) is 0 Å². The van der Waals surface area contributed by atoms with E-state index in [4.69, 9.17) is 18.6 Å². The van der Waals surface area contributed by atoms with Crippen LogP contribution in [0.2, 0.25) is 0 Å². The lowest BCUT2D eigenvalue weighted by Crippen LogP contribution is -2.43. The molecule has 9 heteroatoms.